The van der Waals surface area contributed by atoms with Crippen LogP contribution in [0.1, 0.15) is 18.1 Å². The Morgan fingerprint density at radius 2 is 1.77 bits per heavy atom. The molecule has 0 aliphatic heterocycles. The van der Waals surface area contributed by atoms with Crippen LogP contribution in [0, 0.1) is 6.92 Å². The second kappa shape index (κ2) is 7.90. The monoisotopic (exact) mass is 315 g/mol. The smallest absolute Gasteiger partial charge is 0.261 e. The molecule has 0 spiro atoms. The number of aryl methyl sites for hydroxylation is 1. The predicted octanol–water partition coefficient (Wildman–Crippen LogP) is 3.80. The number of benzene rings is 2. The molecule has 22 heavy (non-hydrogen) atoms. The quantitative estimate of drug-likeness (QED) is 0.824. The number of thioether (sulfide) groups is 1. The van der Waals surface area contributed by atoms with Gasteiger partial charge in [0.15, 0.2) is 6.10 Å². The summed E-state index contributed by atoms with van der Waals surface area (Å²) in [7, 11) is 0. The van der Waals surface area contributed by atoms with Gasteiger partial charge < -0.3 is 10.1 Å². The Bertz CT molecular complexity index is 608. The molecule has 4 heteroatoms. The zero-order valence-electron chi connectivity index (χ0n) is 13.1. The fraction of sp³-hybridized carbons (Fsp3) is 0.278. The van der Waals surface area contributed by atoms with Crippen molar-refractivity contribution in [1.29, 1.82) is 0 Å². The molecule has 2 aromatic carbocycles. The Balaban J connectivity index is 1.84. The largest absolute Gasteiger partial charge is 0.481 e. The summed E-state index contributed by atoms with van der Waals surface area (Å²) in [6, 6.07) is 15.8. The van der Waals surface area contributed by atoms with Crippen LogP contribution in [0.2, 0.25) is 0 Å². The number of amides is 1. The van der Waals surface area contributed by atoms with Gasteiger partial charge in [-0.25, -0.2) is 0 Å². The van der Waals surface area contributed by atoms with E-state index in [0.717, 1.165) is 11.1 Å². The van der Waals surface area contributed by atoms with Gasteiger partial charge in [0.05, 0.1) is 0 Å². The minimum Gasteiger partial charge on any atom is -0.481 e. The maximum absolute atomic E-state index is 12.1. The van der Waals surface area contributed by atoms with Gasteiger partial charge in [0.1, 0.15) is 5.75 Å². The standard InChI is InChI=1S/C18H21NO2S/c1-13-4-8-16(9-5-13)21-14(2)18(20)19-12-15-6-10-17(22-3)11-7-15/h4-11,14H,12H2,1-3H3,(H,19,20). The first-order valence-corrected chi connectivity index (χ1v) is 8.45. The topological polar surface area (TPSA) is 38.3 Å². The highest BCUT2D eigenvalue weighted by atomic mass is 32.2. The van der Waals surface area contributed by atoms with Crippen molar-refractivity contribution in [2.75, 3.05) is 6.26 Å². The van der Waals surface area contributed by atoms with Crippen LogP contribution in [0.5, 0.6) is 5.75 Å². The van der Waals surface area contributed by atoms with Crippen molar-refractivity contribution in [3.8, 4) is 5.75 Å². The summed E-state index contributed by atoms with van der Waals surface area (Å²) in [6.45, 7) is 4.28. The van der Waals surface area contributed by atoms with Gasteiger partial charge in [-0.15, -0.1) is 11.8 Å². The molecule has 0 saturated carbocycles. The van der Waals surface area contributed by atoms with Crippen LogP contribution in [-0.4, -0.2) is 18.3 Å². The van der Waals surface area contributed by atoms with Crippen molar-refractivity contribution in [1.82, 2.24) is 5.32 Å². The van der Waals surface area contributed by atoms with Gasteiger partial charge in [-0.1, -0.05) is 29.8 Å². The van der Waals surface area contributed by atoms with Gasteiger partial charge >= 0.3 is 0 Å². The highest BCUT2D eigenvalue weighted by Crippen LogP contribution is 2.15. The van der Waals surface area contributed by atoms with E-state index in [1.807, 2.05) is 49.6 Å². The lowest BCUT2D eigenvalue weighted by Crippen LogP contribution is -2.35. The molecule has 0 heterocycles. The zero-order valence-corrected chi connectivity index (χ0v) is 13.9. The van der Waals surface area contributed by atoms with Crippen molar-refractivity contribution in [3.63, 3.8) is 0 Å². The average Bonchev–Trinajstić information content (AvgIpc) is 2.55. The van der Waals surface area contributed by atoms with Crippen LogP contribution in [0.25, 0.3) is 0 Å². The summed E-state index contributed by atoms with van der Waals surface area (Å²) < 4.78 is 5.64. The van der Waals surface area contributed by atoms with Crippen molar-refractivity contribution < 1.29 is 9.53 Å². The minimum absolute atomic E-state index is 0.116. The van der Waals surface area contributed by atoms with Crippen LogP contribution >= 0.6 is 11.8 Å². The first-order valence-electron chi connectivity index (χ1n) is 7.22. The van der Waals surface area contributed by atoms with Crippen molar-refractivity contribution in [2.45, 2.75) is 31.4 Å². The van der Waals surface area contributed by atoms with E-state index in [1.54, 1.807) is 18.7 Å². The van der Waals surface area contributed by atoms with Crippen LogP contribution in [-0.2, 0) is 11.3 Å². The third kappa shape index (κ3) is 4.81. The van der Waals surface area contributed by atoms with E-state index in [2.05, 4.69) is 17.4 Å². The van der Waals surface area contributed by atoms with E-state index in [1.165, 1.54) is 4.90 Å². The molecule has 3 nitrogen and oxygen atoms in total. The van der Waals surface area contributed by atoms with E-state index in [9.17, 15) is 4.79 Å². The van der Waals surface area contributed by atoms with E-state index < -0.39 is 6.10 Å². The number of carbonyl (C=O) groups excluding carboxylic acids is 1. The minimum atomic E-state index is -0.520. The molecule has 0 bridgehead atoms. The summed E-state index contributed by atoms with van der Waals surface area (Å²) in [6.07, 6.45) is 1.52. The lowest BCUT2D eigenvalue weighted by molar-refractivity contribution is -0.127. The predicted molar refractivity (Wildman–Crippen MR) is 91.3 cm³/mol. The Morgan fingerprint density at radius 3 is 2.36 bits per heavy atom. The Hall–Kier alpha value is -1.94. The van der Waals surface area contributed by atoms with Gasteiger partial charge in [-0.3, -0.25) is 4.79 Å². The van der Waals surface area contributed by atoms with Gasteiger partial charge in [-0.05, 0) is 49.9 Å². The van der Waals surface area contributed by atoms with Crippen molar-refractivity contribution in [3.05, 3.63) is 59.7 Å². The van der Waals surface area contributed by atoms with Gasteiger partial charge in [0.25, 0.3) is 5.91 Å². The lowest BCUT2D eigenvalue weighted by atomic mass is 10.2. The summed E-state index contributed by atoms with van der Waals surface area (Å²) in [5, 5.41) is 2.90. The fourth-order valence-electron chi connectivity index (χ4n) is 1.95. The molecule has 0 aliphatic rings. The normalized spacial score (nSPS) is 11.8. The van der Waals surface area contributed by atoms with E-state index in [0.29, 0.717) is 12.3 Å². The first-order chi connectivity index (χ1) is 10.6. The van der Waals surface area contributed by atoms with E-state index in [4.69, 9.17) is 4.74 Å². The first kappa shape index (κ1) is 16.4. The van der Waals surface area contributed by atoms with E-state index >= 15 is 0 Å². The van der Waals surface area contributed by atoms with Gasteiger partial charge in [0, 0.05) is 11.4 Å². The Labute approximate surface area is 136 Å². The summed E-state index contributed by atoms with van der Waals surface area (Å²) in [4.78, 5) is 13.3. The second-order valence-corrected chi connectivity index (χ2v) is 6.02. The van der Waals surface area contributed by atoms with Gasteiger partial charge in [0.2, 0.25) is 0 Å². The highest BCUT2D eigenvalue weighted by Gasteiger charge is 2.14. The number of rotatable bonds is 6. The average molecular weight is 315 g/mol. The molecule has 2 rings (SSSR count). The number of ether oxygens (including phenoxy) is 1. The van der Waals surface area contributed by atoms with Crippen LogP contribution in [0.3, 0.4) is 0 Å². The number of hydrogen-bond donors (Lipinski definition) is 1. The molecule has 0 fully saturated rings. The molecule has 1 atom stereocenters. The van der Waals surface area contributed by atoms with E-state index in [-0.39, 0.29) is 5.91 Å². The second-order valence-electron chi connectivity index (χ2n) is 5.14. The molecule has 2 aromatic rings. The molecular formula is C18H21NO2S. The number of carbonyl (C=O) groups is 1. The van der Waals surface area contributed by atoms with Crippen LogP contribution in [0.4, 0.5) is 0 Å². The maximum Gasteiger partial charge on any atom is 0.261 e. The molecule has 116 valence electrons. The Morgan fingerprint density at radius 1 is 1.14 bits per heavy atom. The third-order valence-electron chi connectivity index (χ3n) is 3.33. The lowest BCUT2D eigenvalue weighted by Gasteiger charge is -2.15. The zero-order chi connectivity index (χ0) is 15.9. The Kier molecular flexibility index (Phi) is 5.90. The SMILES string of the molecule is CSc1ccc(CNC(=O)C(C)Oc2ccc(C)cc2)cc1. The fourth-order valence-corrected chi connectivity index (χ4v) is 2.36. The summed E-state index contributed by atoms with van der Waals surface area (Å²) in [5.74, 6) is 0.590. The van der Waals surface area contributed by atoms with Crippen molar-refractivity contribution >= 4 is 17.7 Å². The summed E-state index contributed by atoms with van der Waals surface area (Å²) >= 11 is 1.70. The van der Waals surface area contributed by atoms with Crippen molar-refractivity contribution in [2.24, 2.45) is 0 Å². The van der Waals surface area contributed by atoms with Crippen LogP contribution < -0.4 is 10.1 Å². The molecule has 1 unspecified atom stereocenters. The number of hydrogen-bond acceptors (Lipinski definition) is 3. The molecule has 0 aromatic heterocycles. The molecule has 0 saturated heterocycles. The number of nitrogens with one attached hydrogen (secondary N) is 1. The van der Waals surface area contributed by atoms with Crippen LogP contribution in [0.15, 0.2) is 53.4 Å². The molecular weight excluding hydrogens is 294 g/mol. The maximum atomic E-state index is 12.1. The molecule has 1 amide bonds. The molecule has 1 N–H and O–H groups in total. The molecule has 0 radical (unpaired) electrons. The highest BCUT2D eigenvalue weighted by molar-refractivity contribution is 7.98. The summed E-state index contributed by atoms with van der Waals surface area (Å²) in [5.41, 5.74) is 2.24. The van der Waals surface area contributed by atoms with Gasteiger partial charge in [-0.2, -0.15) is 0 Å². The molecule has 0 aliphatic carbocycles. The third-order valence-corrected chi connectivity index (χ3v) is 4.07.